The quantitative estimate of drug-likeness (QED) is 0.305. The lowest BCUT2D eigenvalue weighted by Crippen LogP contribution is -2.11. The van der Waals surface area contributed by atoms with Crippen LogP contribution < -0.4 is 4.74 Å². The molecule has 0 radical (unpaired) electrons. The molecular weight excluding hydrogens is 452 g/mol. The number of ether oxygens (including phenoxy) is 2. The van der Waals surface area contributed by atoms with Crippen LogP contribution in [-0.4, -0.2) is 33.0 Å². The molecule has 0 saturated carbocycles. The number of hydrogen-bond acceptors (Lipinski definition) is 5. The smallest absolute Gasteiger partial charge is 0.339 e. The maximum absolute atomic E-state index is 13.4. The van der Waals surface area contributed by atoms with Gasteiger partial charge in [0.2, 0.25) is 0 Å². The minimum atomic E-state index is -0.532. The van der Waals surface area contributed by atoms with Gasteiger partial charge in [-0.2, -0.15) is 0 Å². The Labute approximate surface area is 205 Å². The molecule has 36 heavy (non-hydrogen) atoms. The summed E-state index contributed by atoms with van der Waals surface area (Å²) in [4.78, 5) is 29.0. The number of nitrogens with one attached hydrogen (secondary N) is 2. The first kappa shape index (κ1) is 20.5. The molecule has 3 heterocycles. The van der Waals surface area contributed by atoms with Crippen LogP contribution in [0.15, 0.2) is 85.2 Å². The predicted molar refractivity (Wildman–Crippen MR) is 137 cm³/mol. The molecule has 1 unspecified atom stereocenters. The summed E-state index contributed by atoms with van der Waals surface area (Å²) in [7, 11) is 1.65. The van der Waals surface area contributed by atoms with Crippen LogP contribution in [0.1, 0.15) is 27.6 Å². The summed E-state index contributed by atoms with van der Waals surface area (Å²) in [5.41, 5.74) is 7.75. The molecule has 1 atom stereocenters. The van der Waals surface area contributed by atoms with E-state index in [0.717, 1.165) is 55.8 Å². The minimum Gasteiger partial charge on any atom is -0.497 e. The van der Waals surface area contributed by atoms with E-state index in [2.05, 4.69) is 21.0 Å². The number of benzene rings is 3. The number of imidazole rings is 1. The van der Waals surface area contributed by atoms with Crippen molar-refractivity contribution in [3.05, 3.63) is 102 Å². The summed E-state index contributed by atoms with van der Waals surface area (Å²) in [6, 6.07) is 23.4. The van der Waals surface area contributed by atoms with E-state index < -0.39 is 12.1 Å². The number of fused-ring (bicyclic) bond motifs is 5. The standard InChI is InChI=1S/C29H20N4O3/c1-35-16-9-10-23-24(15-16)33-28(32-23)22-8-4-7-21-25(22)17-5-2-3-6-18(17)26(21)36-29(34)20-12-14-31-27-19(20)11-13-30-27/h2-15,26H,1H3,(H,30,31)(H,32,33). The third kappa shape index (κ3) is 3.03. The molecule has 0 bridgehead atoms. The Morgan fingerprint density at radius 2 is 1.81 bits per heavy atom. The zero-order valence-corrected chi connectivity index (χ0v) is 19.3. The fraction of sp³-hybridized carbons (Fsp3) is 0.0690. The Bertz CT molecular complexity index is 1800. The van der Waals surface area contributed by atoms with Gasteiger partial charge in [0.1, 0.15) is 17.2 Å². The van der Waals surface area contributed by atoms with Crippen molar-refractivity contribution in [2.24, 2.45) is 0 Å². The second-order valence-corrected chi connectivity index (χ2v) is 8.71. The first-order valence-electron chi connectivity index (χ1n) is 11.6. The van der Waals surface area contributed by atoms with Crippen LogP contribution in [0, 0.1) is 0 Å². The van der Waals surface area contributed by atoms with Crippen molar-refractivity contribution < 1.29 is 14.3 Å². The molecule has 1 aliphatic rings. The highest BCUT2D eigenvalue weighted by atomic mass is 16.5. The Morgan fingerprint density at radius 3 is 2.72 bits per heavy atom. The fourth-order valence-corrected chi connectivity index (χ4v) is 5.09. The van der Waals surface area contributed by atoms with E-state index in [1.807, 2.05) is 60.7 Å². The molecular formula is C29H20N4O3. The Hall–Kier alpha value is -4.91. The van der Waals surface area contributed by atoms with Crippen molar-refractivity contribution in [3.63, 3.8) is 0 Å². The highest BCUT2D eigenvalue weighted by Gasteiger charge is 2.34. The van der Waals surface area contributed by atoms with Gasteiger partial charge in [-0.3, -0.25) is 0 Å². The second-order valence-electron chi connectivity index (χ2n) is 8.71. The molecule has 0 fully saturated rings. The topological polar surface area (TPSA) is 92.9 Å². The van der Waals surface area contributed by atoms with Gasteiger partial charge in [-0.05, 0) is 29.8 Å². The average Bonchev–Trinajstić information content (AvgIpc) is 3.64. The van der Waals surface area contributed by atoms with Gasteiger partial charge in [0.05, 0.1) is 23.7 Å². The molecule has 0 amide bonds. The number of pyridine rings is 1. The third-order valence-corrected chi connectivity index (χ3v) is 6.74. The van der Waals surface area contributed by atoms with Crippen LogP contribution in [0.25, 0.3) is 44.6 Å². The van der Waals surface area contributed by atoms with E-state index in [9.17, 15) is 4.79 Å². The fourth-order valence-electron chi connectivity index (χ4n) is 5.09. The summed E-state index contributed by atoms with van der Waals surface area (Å²) in [5, 5.41) is 0.737. The Balaban J connectivity index is 1.35. The second kappa shape index (κ2) is 7.81. The number of nitrogens with zero attached hydrogens (tertiary/aromatic N) is 2. The SMILES string of the molecule is COc1ccc2nc(-c3cccc4c3-c3ccccc3C4OC(=O)c3ccnc4[nH]ccc34)[nH]c2c1. The first-order chi connectivity index (χ1) is 17.7. The summed E-state index contributed by atoms with van der Waals surface area (Å²) in [6.07, 6.45) is 2.85. The molecule has 174 valence electrons. The molecule has 1 aliphatic carbocycles. The van der Waals surface area contributed by atoms with Crippen LogP contribution in [0.5, 0.6) is 5.75 Å². The third-order valence-electron chi connectivity index (χ3n) is 6.74. The van der Waals surface area contributed by atoms with E-state index in [-0.39, 0.29) is 0 Å². The number of carbonyl (C=O) groups is 1. The zero-order chi connectivity index (χ0) is 24.2. The number of H-pyrrole nitrogens is 2. The van der Waals surface area contributed by atoms with Gasteiger partial charge in [0.25, 0.3) is 0 Å². The lowest BCUT2D eigenvalue weighted by molar-refractivity contribution is 0.0388. The summed E-state index contributed by atoms with van der Waals surface area (Å²) < 4.78 is 11.5. The molecule has 3 aromatic carbocycles. The number of hydrogen-bond donors (Lipinski definition) is 2. The van der Waals surface area contributed by atoms with Crippen LogP contribution in [-0.2, 0) is 4.74 Å². The number of aromatic amines is 2. The van der Waals surface area contributed by atoms with Crippen LogP contribution >= 0.6 is 0 Å². The van der Waals surface area contributed by atoms with Crippen molar-refractivity contribution in [1.82, 2.24) is 19.9 Å². The Kier molecular flexibility index (Phi) is 4.44. The van der Waals surface area contributed by atoms with E-state index >= 15 is 0 Å². The highest BCUT2D eigenvalue weighted by Crippen LogP contribution is 2.49. The number of carbonyl (C=O) groups excluding carboxylic acids is 1. The molecule has 7 rings (SSSR count). The van der Waals surface area contributed by atoms with E-state index in [4.69, 9.17) is 14.5 Å². The van der Waals surface area contributed by atoms with Gasteiger partial charge < -0.3 is 19.4 Å². The van der Waals surface area contributed by atoms with Crippen molar-refractivity contribution in [3.8, 4) is 28.3 Å². The lowest BCUT2D eigenvalue weighted by atomic mass is 9.99. The summed E-state index contributed by atoms with van der Waals surface area (Å²) >= 11 is 0. The lowest BCUT2D eigenvalue weighted by Gasteiger charge is -2.16. The molecule has 7 heteroatoms. The minimum absolute atomic E-state index is 0.393. The molecule has 6 aromatic rings. The number of methoxy groups -OCH3 is 1. The van der Waals surface area contributed by atoms with Crippen molar-refractivity contribution in [2.75, 3.05) is 7.11 Å². The maximum atomic E-state index is 13.4. The molecule has 3 aromatic heterocycles. The number of aromatic nitrogens is 4. The van der Waals surface area contributed by atoms with Crippen LogP contribution in [0.2, 0.25) is 0 Å². The van der Waals surface area contributed by atoms with E-state index in [1.165, 1.54) is 0 Å². The van der Waals surface area contributed by atoms with Gasteiger partial charge in [-0.15, -0.1) is 0 Å². The summed E-state index contributed by atoms with van der Waals surface area (Å²) in [6.45, 7) is 0. The monoisotopic (exact) mass is 472 g/mol. The van der Waals surface area contributed by atoms with Crippen molar-refractivity contribution in [1.29, 1.82) is 0 Å². The molecule has 7 nitrogen and oxygen atoms in total. The predicted octanol–water partition coefficient (Wildman–Crippen LogP) is 6.04. The molecule has 2 N–H and O–H groups in total. The number of esters is 1. The van der Waals surface area contributed by atoms with E-state index in [1.54, 1.807) is 25.6 Å². The molecule has 0 saturated heterocycles. The van der Waals surface area contributed by atoms with Gasteiger partial charge >= 0.3 is 5.97 Å². The normalized spacial score (nSPS) is 14.1. The zero-order valence-electron chi connectivity index (χ0n) is 19.3. The molecule has 0 spiro atoms. The van der Waals surface area contributed by atoms with Gasteiger partial charge in [-0.25, -0.2) is 14.8 Å². The largest absolute Gasteiger partial charge is 0.497 e. The molecule has 0 aliphatic heterocycles. The first-order valence-corrected chi connectivity index (χ1v) is 11.6. The van der Waals surface area contributed by atoms with Gasteiger partial charge in [0.15, 0.2) is 6.10 Å². The summed E-state index contributed by atoms with van der Waals surface area (Å²) in [5.74, 6) is 1.12. The van der Waals surface area contributed by atoms with Crippen molar-refractivity contribution in [2.45, 2.75) is 6.10 Å². The van der Waals surface area contributed by atoms with Gasteiger partial charge in [-0.1, -0.05) is 42.5 Å². The maximum Gasteiger partial charge on any atom is 0.339 e. The average molecular weight is 473 g/mol. The highest BCUT2D eigenvalue weighted by molar-refractivity contribution is 6.03. The van der Waals surface area contributed by atoms with Crippen LogP contribution in [0.4, 0.5) is 0 Å². The number of rotatable bonds is 4. The van der Waals surface area contributed by atoms with Crippen LogP contribution in [0.3, 0.4) is 0 Å². The van der Waals surface area contributed by atoms with Gasteiger partial charge in [0, 0.05) is 46.1 Å². The van der Waals surface area contributed by atoms with Crippen molar-refractivity contribution >= 4 is 28.0 Å². The van der Waals surface area contributed by atoms with E-state index in [0.29, 0.717) is 11.2 Å². The Morgan fingerprint density at radius 1 is 0.944 bits per heavy atom.